The maximum absolute atomic E-state index is 12.6. The second-order valence-corrected chi connectivity index (χ2v) is 7.04. The van der Waals surface area contributed by atoms with E-state index in [1.54, 1.807) is 20.9 Å². The third-order valence-corrected chi connectivity index (χ3v) is 5.18. The third-order valence-electron chi connectivity index (χ3n) is 4.12. The van der Waals surface area contributed by atoms with E-state index in [0.717, 1.165) is 22.0 Å². The lowest BCUT2D eigenvalue weighted by Crippen LogP contribution is -2.47. The lowest BCUT2D eigenvalue weighted by Gasteiger charge is -2.32. The Bertz CT molecular complexity index is 726. The number of amides is 2. The average Bonchev–Trinajstić information content (AvgIpc) is 3.12. The molecule has 7 nitrogen and oxygen atoms in total. The van der Waals surface area contributed by atoms with E-state index in [4.69, 9.17) is 4.74 Å². The van der Waals surface area contributed by atoms with Crippen LogP contribution in [0, 0.1) is 13.8 Å². The molecule has 0 unspecified atom stereocenters. The number of nitrogens with one attached hydrogen (secondary N) is 1. The minimum atomic E-state index is -0.140. The molecule has 0 spiro atoms. The summed E-state index contributed by atoms with van der Waals surface area (Å²) in [5.74, 6) is 0. The second-order valence-electron chi connectivity index (χ2n) is 6.15. The molecule has 2 amide bonds. The van der Waals surface area contributed by atoms with E-state index in [0.29, 0.717) is 19.7 Å². The summed E-state index contributed by atoms with van der Waals surface area (Å²) in [6, 6.07) is -0.165. The maximum atomic E-state index is 12.6. The molecular formula is C16H23N5O2S. The minimum absolute atomic E-state index is 0.0765. The van der Waals surface area contributed by atoms with Crippen molar-refractivity contribution in [3.63, 3.8) is 0 Å². The van der Waals surface area contributed by atoms with Crippen molar-refractivity contribution >= 4 is 17.4 Å². The Morgan fingerprint density at radius 2 is 2.29 bits per heavy atom. The van der Waals surface area contributed by atoms with Gasteiger partial charge in [0.25, 0.3) is 0 Å². The van der Waals surface area contributed by atoms with Crippen LogP contribution in [0.5, 0.6) is 0 Å². The molecule has 1 aliphatic rings. The molecule has 24 heavy (non-hydrogen) atoms. The van der Waals surface area contributed by atoms with Crippen molar-refractivity contribution in [3.8, 4) is 0 Å². The Labute approximate surface area is 145 Å². The van der Waals surface area contributed by atoms with Gasteiger partial charge in [0.15, 0.2) is 0 Å². The number of rotatable bonds is 3. The first kappa shape index (κ1) is 16.9. The van der Waals surface area contributed by atoms with Gasteiger partial charge in [-0.05, 0) is 20.8 Å². The Morgan fingerprint density at radius 1 is 1.50 bits per heavy atom. The van der Waals surface area contributed by atoms with Crippen molar-refractivity contribution in [2.45, 2.75) is 32.9 Å². The predicted octanol–water partition coefficient (Wildman–Crippen LogP) is 2.34. The van der Waals surface area contributed by atoms with Crippen LogP contribution >= 0.6 is 11.3 Å². The van der Waals surface area contributed by atoms with Crippen LogP contribution in [-0.2, 0) is 11.8 Å². The third kappa shape index (κ3) is 3.59. The van der Waals surface area contributed by atoms with Gasteiger partial charge in [0, 0.05) is 36.4 Å². The summed E-state index contributed by atoms with van der Waals surface area (Å²) >= 11 is 1.58. The molecule has 130 valence electrons. The molecule has 2 atom stereocenters. The van der Waals surface area contributed by atoms with Gasteiger partial charge in [-0.2, -0.15) is 5.10 Å². The van der Waals surface area contributed by atoms with E-state index in [-0.39, 0.29) is 18.2 Å². The summed E-state index contributed by atoms with van der Waals surface area (Å²) in [6.45, 7) is 7.53. The van der Waals surface area contributed by atoms with Gasteiger partial charge in [0.05, 0.1) is 24.9 Å². The quantitative estimate of drug-likeness (QED) is 0.923. The number of ether oxygens (including phenoxy) is 1. The van der Waals surface area contributed by atoms with Gasteiger partial charge < -0.3 is 15.0 Å². The number of hydrogen-bond donors (Lipinski definition) is 1. The Hall–Kier alpha value is -1.93. The topological polar surface area (TPSA) is 72.3 Å². The Morgan fingerprint density at radius 3 is 2.92 bits per heavy atom. The van der Waals surface area contributed by atoms with Crippen molar-refractivity contribution in [1.29, 1.82) is 0 Å². The summed E-state index contributed by atoms with van der Waals surface area (Å²) in [7, 11) is 1.88. The molecule has 2 aromatic rings. The summed E-state index contributed by atoms with van der Waals surface area (Å²) in [4.78, 5) is 18.9. The van der Waals surface area contributed by atoms with E-state index in [1.807, 2.05) is 39.4 Å². The molecule has 1 saturated heterocycles. The van der Waals surface area contributed by atoms with Crippen LogP contribution in [-0.4, -0.2) is 45.4 Å². The Balaban J connectivity index is 1.63. The van der Waals surface area contributed by atoms with Crippen LogP contribution in [0.4, 0.5) is 4.79 Å². The second kappa shape index (κ2) is 6.90. The highest BCUT2D eigenvalue weighted by Crippen LogP contribution is 2.25. The van der Waals surface area contributed by atoms with Gasteiger partial charge in [-0.25, -0.2) is 9.78 Å². The number of carbonyl (C=O) groups excluding carboxylic acids is 1. The van der Waals surface area contributed by atoms with Gasteiger partial charge in [0.1, 0.15) is 11.1 Å². The van der Waals surface area contributed by atoms with Crippen LogP contribution in [0.25, 0.3) is 0 Å². The van der Waals surface area contributed by atoms with Gasteiger partial charge in [0.2, 0.25) is 0 Å². The fourth-order valence-corrected chi connectivity index (χ4v) is 3.74. The van der Waals surface area contributed by atoms with Crippen LogP contribution < -0.4 is 5.32 Å². The number of aromatic nitrogens is 3. The molecule has 1 aliphatic heterocycles. The summed E-state index contributed by atoms with van der Waals surface area (Å²) in [5, 5.41) is 10.3. The van der Waals surface area contributed by atoms with Crippen molar-refractivity contribution in [2.75, 3.05) is 19.7 Å². The van der Waals surface area contributed by atoms with Crippen LogP contribution in [0.2, 0.25) is 0 Å². The van der Waals surface area contributed by atoms with E-state index in [2.05, 4.69) is 15.4 Å². The molecular weight excluding hydrogens is 326 g/mol. The van der Waals surface area contributed by atoms with Gasteiger partial charge in [-0.15, -0.1) is 11.3 Å². The maximum Gasteiger partial charge on any atom is 0.318 e. The minimum Gasteiger partial charge on any atom is -0.367 e. The van der Waals surface area contributed by atoms with Gasteiger partial charge in [-0.1, -0.05) is 0 Å². The molecule has 8 heteroatoms. The molecule has 3 heterocycles. The summed E-state index contributed by atoms with van der Waals surface area (Å²) in [6.07, 6.45) is 1.81. The van der Waals surface area contributed by atoms with Gasteiger partial charge in [-0.3, -0.25) is 4.68 Å². The first-order chi connectivity index (χ1) is 11.4. The lowest BCUT2D eigenvalue weighted by molar-refractivity contribution is -0.0158. The van der Waals surface area contributed by atoms with Crippen LogP contribution in [0.1, 0.15) is 41.0 Å². The monoisotopic (exact) mass is 349 g/mol. The van der Waals surface area contributed by atoms with Crippen LogP contribution in [0.15, 0.2) is 11.6 Å². The average molecular weight is 349 g/mol. The number of hydrogen-bond acceptors (Lipinski definition) is 5. The zero-order valence-electron chi connectivity index (χ0n) is 14.4. The van der Waals surface area contributed by atoms with Crippen LogP contribution in [0.3, 0.4) is 0 Å². The van der Waals surface area contributed by atoms with Crippen molar-refractivity contribution in [3.05, 3.63) is 33.5 Å². The number of morpholine rings is 1. The van der Waals surface area contributed by atoms with Gasteiger partial charge >= 0.3 is 6.03 Å². The number of urea groups is 1. The van der Waals surface area contributed by atoms with E-state index in [9.17, 15) is 4.79 Å². The fraction of sp³-hybridized carbons (Fsp3) is 0.562. The highest BCUT2D eigenvalue weighted by atomic mass is 32.1. The zero-order chi connectivity index (χ0) is 17.3. The number of carbonyl (C=O) groups is 1. The largest absolute Gasteiger partial charge is 0.367 e. The molecule has 1 fully saturated rings. The molecule has 0 radical (unpaired) electrons. The standard InChI is InChI=1S/C16H23N5O2S/c1-10-9-24-15(17-10)14-8-21(5-6-23-14)16(22)18-11(2)13-7-20(4)19-12(13)3/h7,9,11,14H,5-6,8H2,1-4H3,(H,18,22)/t11-,14+/m1/s1. The van der Waals surface area contributed by atoms with Crippen molar-refractivity contribution in [1.82, 2.24) is 25.0 Å². The first-order valence-corrected chi connectivity index (χ1v) is 8.91. The SMILES string of the molecule is Cc1csc([C@@H]2CN(C(=O)N[C@H](C)c3cn(C)nc3C)CCO2)n1. The first-order valence-electron chi connectivity index (χ1n) is 8.03. The molecule has 0 aliphatic carbocycles. The lowest BCUT2D eigenvalue weighted by atomic mass is 10.1. The number of thiazole rings is 1. The fourth-order valence-electron chi connectivity index (χ4n) is 2.90. The zero-order valence-corrected chi connectivity index (χ0v) is 15.3. The molecule has 1 N–H and O–H groups in total. The van der Waals surface area contributed by atoms with E-state index in [1.165, 1.54) is 0 Å². The van der Waals surface area contributed by atoms with Crippen molar-refractivity contribution in [2.24, 2.45) is 7.05 Å². The molecule has 0 bridgehead atoms. The number of aryl methyl sites for hydroxylation is 3. The highest BCUT2D eigenvalue weighted by Gasteiger charge is 2.28. The molecule has 2 aromatic heterocycles. The summed E-state index contributed by atoms with van der Waals surface area (Å²) < 4.78 is 7.55. The molecule has 0 aromatic carbocycles. The molecule has 0 saturated carbocycles. The number of nitrogens with zero attached hydrogens (tertiary/aromatic N) is 4. The Kier molecular flexibility index (Phi) is 4.86. The molecule has 3 rings (SSSR count). The van der Waals surface area contributed by atoms with Crippen molar-refractivity contribution < 1.29 is 9.53 Å². The summed E-state index contributed by atoms with van der Waals surface area (Å²) in [5.41, 5.74) is 2.95. The smallest absolute Gasteiger partial charge is 0.318 e. The normalized spacial score (nSPS) is 19.3. The van der Waals surface area contributed by atoms with E-state index >= 15 is 0 Å². The highest BCUT2D eigenvalue weighted by molar-refractivity contribution is 7.09. The predicted molar refractivity (Wildman–Crippen MR) is 92.0 cm³/mol. The van der Waals surface area contributed by atoms with E-state index < -0.39 is 0 Å².